The summed E-state index contributed by atoms with van der Waals surface area (Å²) < 4.78 is 266. The van der Waals surface area contributed by atoms with Gasteiger partial charge in [-0.15, -0.1) is 11.1 Å². The zero-order valence-electron chi connectivity index (χ0n) is 37.2. The number of hydrogen-bond donors (Lipinski definition) is 0. The summed E-state index contributed by atoms with van der Waals surface area (Å²) in [6.07, 6.45) is -12.6. The Bertz CT molecular complexity index is 1950. The van der Waals surface area contributed by atoms with Gasteiger partial charge in [0, 0.05) is 37.4 Å². The Morgan fingerprint density at radius 3 is 0.908 bits per heavy atom. The van der Waals surface area contributed by atoms with E-state index in [9.17, 15) is 39.3 Å². The van der Waals surface area contributed by atoms with Crippen LogP contribution in [-0.4, -0.2) is 70.4 Å². The summed E-state index contributed by atoms with van der Waals surface area (Å²) in [4.78, 5) is -0.414. The normalized spacial score (nSPS) is 17.5. The van der Waals surface area contributed by atoms with Gasteiger partial charge in [-0.2, -0.15) is 60.7 Å². The van der Waals surface area contributed by atoms with Crippen molar-refractivity contribution in [2.75, 3.05) is 0 Å². The van der Waals surface area contributed by atoms with Crippen molar-refractivity contribution >= 4 is 10.1 Å². The molecule has 4 nitrogen and oxygen atoms in total. The van der Waals surface area contributed by atoms with E-state index in [1.807, 2.05) is 0 Å². The van der Waals surface area contributed by atoms with Gasteiger partial charge < -0.3 is 4.55 Å². The molecule has 23 heteroatoms. The number of rotatable bonds is 22. The first-order chi connectivity index (χ1) is 27.7. The second kappa shape index (κ2) is 23.1. The standard InChI is InChI=1S/C42H46F15NO3S.3Na/c1-34(43,40(52,53)24-37(4,46)47)21-31(27-13-9-7-10-14-27)58(32(28-15-11-8-12-16-28)22-35(2,44)41(54,55)25-38(5,48)49)33(29-17-19-30(20-18-29)62(59,60)61)23-36(3,45)42(56,57)26-39(6,50)51;;;/h9-20,31-33H,21-26H2,1-6H3,(H,59,60,61);;;/q-2;3*+1/p-1. The van der Waals surface area contributed by atoms with Crippen molar-refractivity contribution < 1.29 is 167 Å². The van der Waals surface area contributed by atoms with E-state index in [-0.39, 0.29) is 141 Å². The van der Waals surface area contributed by atoms with Crippen molar-refractivity contribution in [1.82, 2.24) is 4.90 Å². The van der Waals surface area contributed by atoms with E-state index >= 15 is 39.5 Å². The minimum absolute atomic E-state index is 0. The first kappa shape index (κ1) is 64.5. The molecule has 0 fully saturated rings. The fourth-order valence-corrected chi connectivity index (χ4v) is 7.67. The Hall–Kier alpha value is -0.520. The average Bonchev–Trinajstić information content (AvgIpc) is 3.07. The van der Waals surface area contributed by atoms with Crippen LogP contribution < -0.4 is 88.7 Å². The fraction of sp³-hybridized carbons (Fsp3) is 0.571. The molecule has 6 unspecified atom stereocenters. The van der Waals surface area contributed by atoms with E-state index in [2.05, 4.69) is 12.1 Å². The maximum Gasteiger partial charge on any atom is 1.00 e. The molecule has 0 bridgehead atoms. The molecule has 0 N–H and O–H groups in total. The second-order valence-corrected chi connectivity index (χ2v) is 18.1. The molecule has 0 aliphatic carbocycles. The molecule has 350 valence electrons. The number of halogens is 15. The van der Waals surface area contributed by atoms with E-state index in [4.69, 9.17) is 0 Å². The summed E-state index contributed by atoms with van der Waals surface area (Å²) in [5, 5.41) is 0. The van der Waals surface area contributed by atoms with Gasteiger partial charge in [-0.1, -0.05) is 12.1 Å². The van der Waals surface area contributed by atoms with Crippen molar-refractivity contribution in [3.8, 4) is 0 Å². The van der Waals surface area contributed by atoms with Crippen LogP contribution in [0, 0.1) is 12.1 Å². The average molecular weight is 998 g/mol. The third-order valence-electron chi connectivity index (χ3n) is 10.5. The quantitative estimate of drug-likeness (QED) is 0.0649. The minimum atomic E-state index is -5.31. The fourth-order valence-electron chi connectivity index (χ4n) is 7.20. The van der Waals surface area contributed by atoms with Crippen LogP contribution in [0.5, 0.6) is 0 Å². The number of benzene rings is 3. The van der Waals surface area contributed by atoms with Crippen LogP contribution in [0.25, 0.3) is 0 Å². The molecule has 65 heavy (non-hydrogen) atoms. The Morgan fingerprint density at radius 1 is 0.462 bits per heavy atom. The van der Waals surface area contributed by atoms with E-state index in [1.165, 1.54) is 0 Å². The number of nitrogens with zero attached hydrogens (tertiary/aromatic N) is 1. The summed E-state index contributed by atoms with van der Waals surface area (Å²) in [6.45, 7) is 0.582. The number of hydrogen-bond acceptors (Lipinski definition) is 4. The number of alkyl halides is 15. The largest absolute Gasteiger partial charge is 1.00 e. The molecule has 0 radical (unpaired) electrons. The van der Waals surface area contributed by atoms with Gasteiger partial charge in [0.1, 0.15) is 10.1 Å². The van der Waals surface area contributed by atoms with Gasteiger partial charge in [0.25, 0.3) is 35.5 Å². The Balaban J connectivity index is 0.0000137. The van der Waals surface area contributed by atoms with Crippen molar-refractivity contribution in [2.45, 2.75) is 156 Å². The molecule has 3 rings (SSSR count). The molecular formula is C42H45F15NNa3O3S. The second-order valence-electron chi connectivity index (χ2n) is 16.7. The first-order valence-corrected chi connectivity index (χ1v) is 20.2. The zero-order valence-corrected chi connectivity index (χ0v) is 44.0. The SMILES string of the molecule is CC(F)(F)CC(F)(F)C(C)(F)CC(c1cc[c-]cc1)N(C(CC(C)(F)C(F)(F)CC(C)(F)F)c1cc[c-]cc1)C(CC(C)(F)C(F)(F)CC(C)(F)F)c1ccc(S(=O)(=O)[O-])cc1.[Na+].[Na+].[Na+]. The van der Waals surface area contributed by atoms with Gasteiger partial charge in [0.15, 0.2) is 17.0 Å². The molecule has 0 aliphatic heterocycles. The molecule has 3 aromatic carbocycles. The Kier molecular flexibility index (Phi) is 23.0. The van der Waals surface area contributed by atoms with Crippen LogP contribution in [0.1, 0.15) is 115 Å². The summed E-state index contributed by atoms with van der Waals surface area (Å²) in [5.74, 6) is -27.8. The third kappa shape index (κ3) is 18.0. The van der Waals surface area contributed by atoms with Gasteiger partial charge in [-0.25, -0.2) is 74.3 Å². The van der Waals surface area contributed by atoms with Crippen LogP contribution in [0.4, 0.5) is 65.9 Å². The van der Waals surface area contributed by atoms with Crippen LogP contribution in [0.2, 0.25) is 0 Å². The van der Waals surface area contributed by atoms with Gasteiger partial charge in [-0.05, 0) is 59.2 Å². The minimum Gasteiger partial charge on any atom is -0.744 e. The van der Waals surface area contributed by atoms with Crippen LogP contribution in [0.3, 0.4) is 0 Å². The van der Waals surface area contributed by atoms with E-state index in [1.54, 1.807) is 0 Å². The Labute approximate surface area is 435 Å². The first-order valence-electron chi connectivity index (χ1n) is 18.8. The van der Waals surface area contributed by atoms with Gasteiger partial charge in [-0.3, -0.25) is 4.90 Å². The van der Waals surface area contributed by atoms with E-state index in [0.29, 0.717) is 29.2 Å². The monoisotopic (exact) mass is 997 g/mol. The van der Waals surface area contributed by atoms with E-state index < -0.39 is 130 Å². The zero-order chi connectivity index (χ0) is 47.8. The van der Waals surface area contributed by atoms with Crippen molar-refractivity contribution in [3.63, 3.8) is 0 Å². The summed E-state index contributed by atoms with van der Waals surface area (Å²) in [6, 6.07) is 9.10. The smallest absolute Gasteiger partial charge is 0.744 e. The molecule has 3 aromatic rings. The molecule has 0 aromatic heterocycles. The van der Waals surface area contributed by atoms with Gasteiger partial charge in [0.05, 0.1) is 24.2 Å². The van der Waals surface area contributed by atoms with Crippen LogP contribution in [-0.2, 0) is 10.1 Å². The van der Waals surface area contributed by atoms with Gasteiger partial charge >= 0.3 is 88.7 Å². The molecule has 0 heterocycles. The predicted octanol–water partition coefficient (Wildman–Crippen LogP) is 4.43. The van der Waals surface area contributed by atoms with Gasteiger partial charge in [0.2, 0.25) is 0 Å². The topological polar surface area (TPSA) is 60.4 Å². The molecular weight excluding hydrogens is 952 g/mol. The van der Waals surface area contributed by atoms with Crippen molar-refractivity contribution in [2.24, 2.45) is 0 Å². The summed E-state index contributed by atoms with van der Waals surface area (Å²) in [5.41, 5.74) is -13.8. The molecule has 0 saturated carbocycles. The maximum absolute atomic E-state index is 16.9. The van der Waals surface area contributed by atoms with Crippen molar-refractivity contribution in [1.29, 1.82) is 0 Å². The maximum atomic E-state index is 16.9. The third-order valence-corrected chi connectivity index (χ3v) is 11.4. The summed E-state index contributed by atoms with van der Waals surface area (Å²) >= 11 is 0. The molecule has 0 amide bonds. The molecule has 0 aliphatic rings. The molecule has 0 spiro atoms. The Morgan fingerprint density at radius 2 is 0.692 bits per heavy atom. The van der Waals surface area contributed by atoms with Crippen LogP contribution >= 0.6 is 0 Å². The van der Waals surface area contributed by atoms with Crippen LogP contribution in [0.15, 0.2) is 77.7 Å². The van der Waals surface area contributed by atoms with Crippen molar-refractivity contribution in [3.05, 3.63) is 102 Å². The molecule has 0 saturated heterocycles. The summed E-state index contributed by atoms with van der Waals surface area (Å²) in [7, 11) is -5.31. The predicted molar refractivity (Wildman–Crippen MR) is 198 cm³/mol. The molecule has 6 atom stereocenters. The van der Waals surface area contributed by atoms with E-state index in [0.717, 1.165) is 48.5 Å².